The molecule has 2 heterocycles. The zero-order valence-electron chi connectivity index (χ0n) is 17.6. The highest BCUT2D eigenvalue weighted by molar-refractivity contribution is 7.17. The number of amides is 2. The minimum atomic E-state index is -0.478. The number of nitro benzene ring substituents is 1. The number of benzene rings is 1. The number of non-ortho nitro benzene ring substituents is 1. The summed E-state index contributed by atoms with van der Waals surface area (Å²) in [6, 6.07) is 9.21. The van der Waals surface area contributed by atoms with Gasteiger partial charge in [-0.3, -0.25) is 35.5 Å². The Labute approximate surface area is 192 Å². The van der Waals surface area contributed by atoms with Crippen molar-refractivity contribution in [3.05, 3.63) is 86.7 Å². The number of pyridine rings is 1. The Morgan fingerprint density at radius 1 is 1.21 bits per heavy atom. The lowest BCUT2D eigenvalue weighted by molar-refractivity contribution is -0.384. The maximum Gasteiger partial charge on any atom is 0.271 e. The van der Waals surface area contributed by atoms with E-state index in [1.54, 1.807) is 43.3 Å². The normalized spacial score (nSPS) is 11.3. The number of carbonyl (C=O) groups excluding carboxylic acids is 2. The summed E-state index contributed by atoms with van der Waals surface area (Å²) >= 11 is 1.21. The molecule has 2 aromatic heterocycles. The van der Waals surface area contributed by atoms with Crippen molar-refractivity contribution in [2.45, 2.75) is 13.8 Å². The highest BCUT2D eigenvalue weighted by atomic mass is 32.1. The minimum absolute atomic E-state index is 0.0441. The topological polar surface area (TPSA) is 152 Å². The number of nitro groups is 1. The number of hydrazine groups is 1. The molecule has 0 aliphatic carbocycles. The van der Waals surface area contributed by atoms with Crippen molar-refractivity contribution in [1.82, 2.24) is 20.8 Å². The molecule has 0 aliphatic rings. The number of hydrogen-bond donors (Lipinski definition) is 3. The molecule has 0 bridgehead atoms. The predicted octanol–water partition coefficient (Wildman–Crippen LogP) is 3.07. The molecule has 0 spiro atoms. The first-order valence-electron chi connectivity index (χ1n) is 9.54. The summed E-state index contributed by atoms with van der Waals surface area (Å²) in [7, 11) is 0. The fourth-order valence-corrected chi connectivity index (χ4v) is 3.48. The number of carbonyl (C=O) groups is 2. The second-order valence-corrected chi connectivity index (χ2v) is 7.60. The van der Waals surface area contributed by atoms with Crippen molar-refractivity contribution < 1.29 is 14.5 Å². The highest BCUT2D eigenvalue weighted by Crippen LogP contribution is 2.24. The third kappa shape index (κ3) is 6.51. The largest absolute Gasteiger partial charge is 0.274 e. The number of anilines is 1. The van der Waals surface area contributed by atoms with Gasteiger partial charge in [0.2, 0.25) is 11.0 Å². The Kier molecular flexibility index (Phi) is 7.55. The third-order valence-corrected chi connectivity index (χ3v) is 5.21. The molecule has 0 unspecified atom stereocenters. The van der Waals surface area contributed by atoms with Crippen molar-refractivity contribution in [2.24, 2.45) is 5.10 Å². The van der Waals surface area contributed by atoms with Gasteiger partial charge in [-0.05, 0) is 30.7 Å². The van der Waals surface area contributed by atoms with E-state index in [0.717, 1.165) is 0 Å². The number of hydrazone groups is 1. The van der Waals surface area contributed by atoms with E-state index < -0.39 is 10.8 Å². The van der Waals surface area contributed by atoms with Crippen LogP contribution < -0.4 is 16.3 Å². The van der Waals surface area contributed by atoms with Crippen LogP contribution in [-0.2, 0) is 4.79 Å². The molecular formula is C21H19N7O4S. The van der Waals surface area contributed by atoms with Gasteiger partial charge in [0.05, 0.1) is 15.5 Å². The summed E-state index contributed by atoms with van der Waals surface area (Å²) in [6.07, 6.45) is 6.25. The molecule has 3 rings (SSSR count). The number of aryl methyl sites for hydroxylation is 1. The molecule has 0 saturated carbocycles. The van der Waals surface area contributed by atoms with E-state index in [9.17, 15) is 19.7 Å². The molecule has 3 N–H and O–H groups in total. The maximum atomic E-state index is 12.4. The van der Waals surface area contributed by atoms with E-state index in [2.05, 4.69) is 31.3 Å². The van der Waals surface area contributed by atoms with Gasteiger partial charge in [-0.1, -0.05) is 29.5 Å². The average Bonchev–Trinajstić information content (AvgIpc) is 3.18. The smallest absolute Gasteiger partial charge is 0.271 e. The van der Waals surface area contributed by atoms with Gasteiger partial charge in [-0.15, -0.1) is 0 Å². The van der Waals surface area contributed by atoms with E-state index in [1.165, 1.54) is 42.8 Å². The SMILES string of the molecule is CC(=O)NNc1nc(C)c(/C(C=Cc2cccc([N+](=O)[O-])c2)=N/NC(=O)c2ccncc2)s1. The zero-order chi connectivity index (χ0) is 23.8. The molecule has 33 heavy (non-hydrogen) atoms. The third-order valence-electron chi connectivity index (χ3n) is 4.11. The molecule has 0 atom stereocenters. The van der Waals surface area contributed by atoms with E-state index >= 15 is 0 Å². The Morgan fingerprint density at radius 2 is 1.97 bits per heavy atom. The van der Waals surface area contributed by atoms with Crippen molar-refractivity contribution in [1.29, 1.82) is 0 Å². The van der Waals surface area contributed by atoms with Crippen LogP contribution in [0.3, 0.4) is 0 Å². The number of thiazole rings is 1. The lowest BCUT2D eigenvalue weighted by Crippen LogP contribution is -2.26. The van der Waals surface area contributed by atoms with Crippen molar-refractivity contribution in [3.63, 3.8) is 0 Å². The quantitative estimate of drug-likeness (QED) is 0.263. The maximum absolute atomic E-state index is 12.4. The van der Waals surface area contributed by atoms with Crippen LogP contribution in [0, 0.1) is 17.0 Å². The summed E-state index contributed by atoms with van der Waals surface area (Å²) in [5, 5.41) is 15.7. The molecule has 0 saturated heterocycles. The van der Waals surface area contributed by atoms with Crippen LogP contribution in [-0.4, -0.2) is 32.4 Å². The van der Waals surface area contributed by atoms with Crippen molar-refractivity contribution in [3.8, 4) is 0 Å². The number of allylic oxidation sites excluding steroid dienone is 1. The minimum Gasteiger partial charge on any atom is -0.274 e. The Bertz CT molecular complexity index is 1240. The molecule has 2 amide bonds. The van der Waals surface area contributed by atoms with Crippen LogP contribution in [0.1, 0.15) is 33.4 Å². The first-order valence-corrected chi connectivity index (χ1v) is 10.4. The molecule has 3 aromatic rings. The van der Waals surface area contributed by atoms with Gasteiger partial charge < -0.3 is 0 Å². The molecule has 168 valence electrons. The van der Waals surface area contributed by atoms with Gasteiger partial charge in [-0.2, -0.15) is 5.10 Å². The van der Waals surface area contributed by atoms with Crippen LogP contribution in [0.25, 0.3) is 6.08 Å². The van der Waals surface area contributed by atoms with Crippen molar-refractivity contribution >= 4 is 45.8 Å². The first kappa shape index (κ1) is 23.2. The Hall–Kier alpha value is -4.45. The van der Waals surface area contributed by atoms with Crippen LogP contribution in [0.15, 0.2) is 60.0 Å². The molecule has 0 aliphatic heterocycles. The second kappa shape index (κ2) is 10.7. The standard InChI is InChI=1S/C21H19N7O4S/c1-13-19(33-21(23-13)27-24-14(2)29)18(25-26-20(30)16-8-10-22-11-9-16)7-6-15-4-3-5-17(12-15)28(31)32/h3-12H,1-2H3,(H,23,27)(H,24,29)(H,26,30)/b7-6?,25-18+. The summed E-state index contributed by atoms with van der Waals surface area (Å²) in [4.78, 5) is 43.0. The van der Waals surface area contributed by atoms with Gasteiger partial charge in [0.15, 0.2) is 0 Å². The zero-order valence-corrected chi connectivity index (χ0v) is 18.4. The van der Waals surface area contributed by atoms with Gasteiger partial charge in [0.1, 0.15) is 5.71 Å². The highest BCUT2D eigenvalue weighted by Gasteiger charge is 2.14. The van der Waals surface area contributed by atoms with Crippen LogP contribution in [0.2, 0.25) is 0 Å². The monoisotopic (exact) mass is 465 g/mol. The molecule has 1 aromatic carbocycles. The van der Waals surface area contributed by atoms with E-state index in [1.807, 2.05) is 0 Å². The first-order chi connectivity index (χ1) is 15.8. The van der Waals surface area contributed by atoms with Gasteiger partial charge >= 0.3 is 0 Å². The van der Waals surface area contributed by atoms with Gasteiger partial charge in [0.25, 0.3) is 11.6 Å². The van der Waals surface area contributed by atoms with E-state index in [0.29, 0.717) is 32.5 Å². The van der Waals surface area contributed by atoms with E-state index in [-0.39, 0.29) is 11.6 Å². The lowest BCUT2D eigenvalue weighted by Gasteiger charge is -2.03. The second-order valence-electron chi connectivity index (χ2n) is 6.60. The fraction of sp³-hybridized carbons (Fsp3) is 0.0952. The summed E-state index contributed by atoms with van der Waals surface area (Å²) in [5.74, 6) is -0.717. The number of nitrogens with one attached hydrogen (secondary N) is 3. The molecular weight excluding hydrogens is 446 g/mol. The van der Waals surface area contributed by atoms with Crippen LogP contribution in [0.4, 0.5) is 10.8 Å². The average molecular weight is 465 g/mol. The van der Waals surface area contributed by atoms with Crippen LogP contribution >= 0.6 is 11.3 Å². The van der Waals surface area contributed by atoms with Gasteiger partial charge in [0, 0.05) is 37.0 Å². The number of nitrogens with zero attached hydrogens (tertiary/aromatic N) is 4. The van der Waals surface area contributed by atoms with Crippen LogP contribution in [0.5, 0.6) is 0 Å². The number of hydrogen-bond acceptors (Lipinski definition) is 9. The lowest BCUT2D eigenvalue weighted by atomic mass is 10.1. The van der Waals surface area contributed by atoms with Gasteiger partial charge in [-0.25, -0.2) is 10.4 Å². The molecule has 0 radical (unpaired) electrons. The Morgan fingerprint density at radius 3 is 2.67 bits per heavy atom. The number of aromatic nitrogens is 2. The Balaban J connectivity index is 1.92. The molecule has 12 heteroatoms. The number of rotatable bonds is 8. The fourth-order valence-electron chi connectivity index (χ4n) is 2.59. The van der Waals surface area contributed by atoms with Crippen molar-refractivity contribution in [2.75, 3.05) is 5.43 Å². The van der Waals surface area contributed by atoms with E-state index in [4.69, 9.17) is 0 Å². The molecule has 0 fully saturated rings. The molecule has 11 nitrogen and oxygen atoms in total. The predicted molar refractivity (Wildman–Crippen MR) is 125 cm³/mol. The summed E-state index contributed by atoms with van der Waals surface area (Å²) in [6.45, 7) is 3.11. The summed E-state index contributed by atoms with van der Waals surface area (Å²) in [5.41, 5.74) is 9.54. The summed E-state index contributed by atoms with van der Waals surface area (Å²) < 4.78 is 0.